The molecule has 0 aromatic heterocycles. The third-order valence-electron chi connectivity index (χ3n) is 5.01. The van der Waals surface area contributed by atoms with Gasteiger partial charge in [-0.05, 0) is 43.5 Å². The molecule has 0 radical (unpaired) electrons. The lowest BCUT2D eigenvalue weighted by Crippen LogP contribution is -2.54. The molecule has 1 rings (SSSR count). The fourth-order valence-electron chi connectivity index (χ4n) is 2.60. The van der Waals surface area contributed by atoms with Gasteiger partial charge in [0.25, 0.3) is 0 Å². The first-order valence-electron chi connectivity index (χ1n) is 8.14. The van der Waals surface area contributed by atoms with Gasteiger partial charge in [0.2, 0.25) is 0 Å². The van der Waals surface area contributed by atoms with E-state index in [2.05, 4.69) is 46.9 Å². The summed E-state index contributed by atoms with van der Waals surface area (Å²) >= 11 is 0. The van der Waals surface area contributed by atoms with Crippen LogP contribution in [0.1, 0.15) is 40.5 Å². The summed E-state index contributed by atoms with van der Waals surface area (Å²) in [6.07, 6.45) is 4.00. The summed E-state index contributed by atoms with van der Waals surface area (Å²) in [6.45, 7) is 13.7. The largest absolute Gasteiger partial charge is 0.408 e. The maximum Gasteiger partial charge on any atom is 0.192 e. The maximum atomic E-state index is 6.68. The van der Waals surface area contributed by atoms with Gasteiger partial charge in [-0.25, -0.2) is 0 Å². The monoisotopic (exact) mass is 330 g/mol. The highest BCUT2D eigenvalue weighted by Gasteiger charge is 2.45. The zero-order valence-electron chi connectivity index (χ0n) is 15.6. The van der Waals surface area contributed by atoms with E-state index in [1.165, 1.54) is 5.57 Å². The van der Waals surface area contributed by atoms with Crippen molar-refractivity contribution in [3.05, 3.63) is 11.6 Å². The van der Waals surface area contributed by atoms with Crippen molar-refractivity contribution in [1.82, 2.24) is 0 Å². The Morgan fingerprint density at radius 1 is 1.23 bits per heavy atom. The summed E-state index contributed by atoms with van der Waals surface area (Å²) in [7, 11) is 1.51. The number of allylic oxidation sites excluding steroid dienone is 1. The Labute approximate surface area is 137 Å². The van der Waals surface area contributed by atoms with Crippen LogP contribution in [0.4, 0.5) is 0 Å². The lowest BCUT2D eigenvalue weighted by atomic mass is 9.87. The number of ether oxygens (including phenoxy) is 3. The molecule has 130 valence electrons. The predicted molar refractivity (Wildman–Crippen MR) is 92.6 cm³/mol. The normalized spacial score (nSPS) is 29.1. The van der Waals surface area contributed by atoms with Gasteiger partial charge >= 0.3 is 0 Å². The molecule has 0 spiro atoms. The van der Waals surface area contributed by atoms with Gasteiger partial charge in [0.1, 0.15) is 19.0 Å². The minimum Gasteiger partial charge on any atom is -0.408 e. The summed E-state index contributed by atoms with van der Waals surface area (Å²) in [5.74, 6) is 0. The van der Waals surface area contributed by atoms with E-state index < -0.39 is 8.32 Å². The average molecular weight is 331 g/mol. The second-order valence-corrected chi connectivity index (χ2v) is 12.3. The van der Waals surface area contributed by atoms with Gasteiger partial charge in [-0.1, -0.05) is 26.8 Å². The summed E-state index contributed by atoms with van der Waals surface area (Å²) in [5, 5.41) is 0.157. The quantitative estimate of drug-likeness (QED) is 0.417. The Hall–Kier alpha value is -0.203. The van der Waals surface area contributed by atoms with Crippen LogP contribution in [0.3, 0.4) is 0 Å². The number of hydrogen-bond donors (Lipinski definition) is 0. The minimum absolute atomic E-state index is 0.0164. The number of rotatable bonds is 6. The van der Waals surface area contributed by atoms with Gasteiger partial charge < -0.3 is 18.6 Å². The van der Waals surface area contributed by atoms with E-state index in [4.69, 9.17) is 18.6 Å². The molecule has 1 aliphatic rings. The van der Waals surface area contributed by atoms with Crippen molar-refractivity contribution in [3.63, 3.8) is 0 Å². The van der Waals surface area contributed by atoms with Crippen molar-refractivity contribution in [2.24, 2.45) is 0 Å². The predicted octanol–water partition coefficient (Wildman–Crippen LogP) is 4.12. The molecule has 4 nitrogen and oxygen atoms in total. The van der Waals surface area contributed by atoms with Crippen molar-refractivity contribution in [1.29, 1.82) is 0 Å². The smallest absolute Gasteiger partial charge is 0.192 e. The molecule has 0 saturated heterocycles. The molecule has 0 N–H and O–H groups in total. The van der Waals surface area contributed by atoms with E-state index in [-0.39, 0.29) is 23.4 Å². The van der Waals surface area contributed by atoms with Crippen LogP contribution >= 0.6 is 0 Å². The molecule has 22 heavy (non-hydrogen) atoms. The summed E-state index contributed by atoms with van der Waals surface area (Å²) in [4.78, 5) is 0. The topological polar surface area (TPSA) is 36.9 Å². The first-order valence-corrected chi connectivity index (χ1v) is 11.0. The lowest BCUT2D eigenvalue weighted by Gasteiger charge is -2.46. The lowest BCUT2D eigenvalue weighted by molar-refractivity contribution is -0.143. The summed E-state index contributed by atoms with van der Waals surface area (Å²) < 4.78 is 23.5. The van der Waals surface area contributed by atoms with Crippen LogP contribution < -0.4 is 0 Å². The van der Waals surface area contributed by atoms with E-state index in [0.717, 1.165) is 12.8 Å². The fourth-order valence-corrected chi connectivity index (χ4v) is 3.91. The van der Waals surface area contributed by atoms with Gasteiger partial charge in [0.05, 0.1) is 6.10 Å². The molecule has 0 aliphatic heterocycles. The fraction of sp³-hybridized carbons (Fsp3) is 0.882. The summed E-state index contributed by atoms with van der Waals surface area (Å²) in [6, 6.07) is 0. The molecule has 3 atom stereocenters. The third-order valence-corrected chi connectivity index (χ3v) is 9.48. The van der Waals surface area contributed by atoms with Gasteiger partial charge in [-0.3, -0.25) is 0 Å². The number of methoxy groups -OCH3 is 2. The van der Waals surface area contributed by atoms with E-state index in [9.17, 15) is 0 Å². The molecule has 5 heteroatoms. The van der Waals surface area contributed by atoms with Gasteiger partial charge in [-0.15, -0.1) is 0 Å². The van der Waals surface area contributed by atoms with E-state index in [1.807, 2.05) is 0 Å². The van der Waals surface area contributed by atoms with Crippen LogP contribution in [0.2, 0.25) is 18.1 Å². The average Bonchev–Trinajstić information content (AvgIpc) is 2.43. The van der Waals surface area contributed by atoms with Crippen molar-refractivity contribution in [2.45, 2.75) is 77.0 Å². The Bertz CT molecular complexity index is 373. The van der Waals surface area contributed by atoms with Crippen molar-refractivity contribution >= 4 is 8.32 Å². The highest BCUT2D eigenvalue weighted by Crippen LogP contribution is 2.40. The van der Waals surface area contributed by atoms with E-state index in [1.54, 1.807) is 14.2 Å². The third kappa shape index (κ3) is 4.65. The van der Waals surface area contributed by atoms with Gasteiger partial charge in [-0.2, -0.15) is 0 Å². The SMILES string of the molecule is C/C=C1\CC[C@H](OCOC)[C@@H](O[Si](C)(C)C(C)(C)C)[C@@H]1OC. The number of hydrogen-bond acceptors (Lipinski definition) is 4. The molecule has 0 unspecified atom stereocenters. The van der Waals surface area contributed by atoms with Crippen LogP contribution in [0.15, 0.2) is 11.6 Å². The maximum absolute atomic E-state index is 6.68. The zero-order chi connectivity index (χ0) is 17.0. The molecular formula is C17H34O4Si. The van der Waals surface area contributed by atoms with Crippen molar-refractivity contribution in [2.75, 3.05) is 21.0 Å². The van der Waals surface area contributed by atoms with E-state index >= 15 is 0 Å². The minimum atomic E-state index is -1.90. The first-order chi connectivity index (χ1) is 10.2. The standard InChI is InChI=1S/C17H34O4Si/c1-9-13-10-11-14(20-12-18-5)16(15(13)19-6)21-22(7,8)17(2,3)4/h9,14-16H,10-12H2,1-8H3/b13-9+/t14-,15+,16+/m0/s1. The van der Waals surface area contributed by atoms with E-state index in [0.29, 0.717) is 6.79 Å². The molecule has 0 aromatic carbocycles. The van der Waals surface area contributed by atoms with Crippen molar-refractivity contribution < 1.29 is 18.6 Å². The second-order valence-electron chi connectivity index (χ2n) is 7.51. The zero-order valence-corrected chi connectivity index (χ0v) is 16.6. The van der Waals surface area contributed by atoms with Gasteiger partial charge in [0, 0.05) is 14.2 Å². The van der Waals surface area contributed by atoms with Crippen molar-refractivity contribution in [3.8, 4) is 0 Å². The van der Waals surface area contributed by atoms with Crippen LogP contribution in [0.5, 0.6) is 0 Å². The molecule has 1 saturated carbocycles. The molecule has 0 heterocycles. The van der Waals surface area contributed by atoms with Crippen LogP contribution in [0, 0.1) is 0 Å². The Morgan fingerprint density at radius 2 is 1.86 bits per heavy atom. The second kappa shape index (κ2) is 8.06. The van der Waals surface area contributed by atoms with Gasteiger partial charge in [0.15, 0.2) is 8.32 Å². The molecule has 0 aromatic rings. The van der Waals surface area contributed by atoms with Crippen LogP contribution in [-0.2, 0) is 18.6 Å². The molecule has 0 amide bonds. The molecule has 0 bridgehead atoms. The Balaban J connectivity index is 3.01. The first kappa shape index (κ1) is 19.8. The van der Waals surface area contributed by atoms with Crippen LogP contribution in [0.25, 0.3) is 0 Å². The highest BCUT2D eigenvalue weighted by atomic mass is 28.4. The Kier molecular flexibility index (Phi) is 7.27. The molecule has 1 aliphatic carbocycles. The van der Waals surface area contributed by atoms with Crippen LogP contribution in [-0.4, -0.2) is 47.6 Å². The highest BCUT2D eigenvalue weighted by molar-refractivity contribution is 6.74. The Morgan fingerprint density at radius 3 is 2.32 bits per heavy atom. The molecular weight excluding hydrogens is 296 g/mol. The molecule has 1 fully saturated rings. The summed E-state index contributed by atoms with van der Waals surface area (Å²) in [5.41, 5.74) is 1.31.